The van der Waals surface area contributed by atoms with Gasteiger partial charge in [-0.1, -0.05) is 33.6 Å². The molecule has 0 aromatic heterocycles. The van der Waals surface area contributed by atoms with Crippen LogP contribution in [0.1, 0.15) is 52.9 Å². The molecule has 0 radical (unpaired) electrons. The van der Waals surface area contributed by atoms with Crippen molar-refractivity contribution in [1.29, 1.82) is 0 Å². The maximum absolute atomic E-state index is 11.6. The lowest BCUT2D eigenvalue weighted by molar-refractivity contribution is -0.157. The Morgan fingerprint density at radius 2 is 1.73 bits per heavy atom. The second-order valence-corrected chi connectivity index (χ2v) is 3.67. The highest BCUT2D eigenvalue weighted by molar-refractivity contribution is 5.74. The molecule has 0 rings (SSSR count). The van der Waals surface area contributed by atoms with Gasteiger partial charge in [-0.15, -0.1) is 0 Å². The Balaban J connectivity index is 3.90. The molecular weight excluding hydrogens is 192 g/mol. The Morgan fingerprint density at radius 3 is 2.27 bits per heavy atom. The number of hydrogen-bond donors (Lipinski definition) is 0. The van der Waals surface area contributed by atoms with Gasteiger partial charge in [-0.2, -0.15) is 0 Å². The zero-order valence-corrected chi connectivity index (χ0v) is 10.3. The Labute approximate surface area is 93.1 Å². The second kappa shape index (κ2) is 9.97. The highest BCUT2D eigenvalue weighted by Gasteiger charge is 2.19. The lowest BCUT2D eigenvalue weighted by atomic mass is 10.1. The fourth-order valence-electron chi connectivity index (χ4n) is 1.21. The van der Waals surface area contributed by atoms with Crippen molar-refractivity contribution in [3.8, 4) is 0 Å². The Bertz CT molecular complexity index is 149. The van der Waals surface area contributed by atoms with Crippen molar-refractivity contribution in [2.75, 3.05) is 13.2 Å². The van der Waals surface area contributed by atoms with E-state index >= 15 is 0 Å². The summed E-state index contributed by atoms with van der Waals surface area (Å²) < 4.78 is 10.6. The molecule has 0 amide bonds. The summed E-state index contributed by atoms with van der Waals surface area (Å²) in [5.74, 6) is -0.196. The maximum Gasteiger partial charge on any atom is 0.335 e. The molecule has 90 valence electrons. The van der Waals surface area contributed by atoms with E-state index in [2.05, 4.69) is 6.92 Å². The molecule has 0 spiro atoms. The van der Waals surface area contributed by atoms with E-state index in [1.165, 1.54) is 0 Å². The molecule has 0 saturated carbocycles. The van der Waals surface area contributed by atoms with Crippen molar-refractivity contribution >= 4 is 5.97 Å². The topological polar surface area (TPSA) is 35.5 Å². The van der Waals surface area contributed by atoms with Gasteiger partial charge in [0.25, 0.3) is 0 Å². The summed E-state index contributed by atoms with van der Waals surface area (Å²) in [6, 6.07) is 0. The van der Waals surface area contributed by atoms with Gasteiger partial charge < -0.3 is 9.47 Å². The molecule has 0 heterocycles. The third-order valence-corrected chi connectivity index (χ3v) is 2.05. The number of carbonyl (C=O) groups excluding carboxylic acids is 1. The van der Waals surface area contributed by atoms with Crippen LogP contribution in [0, 0.1) is 0 Å². The van der Waals surface area contributed by atoms with Crippen LogP contribution in [0.4, 0.5) is 0 Å². The molecule has 0 aliphatic heterocycles. The second-order valence-electron chi connectivity index (χ2n) is 3.67. The minimum absolute atomic E-state index is 0.196. The number of unbranched alkanes of at least 4 members (excludes halogenated alkanes) is 1. The fraction of sp³-hybridized carbons (Fsp3) is 0.917. The van der Waals surface area contributed by atoms with Gasteiger partial charge in [0.15, 0.2) is 6.10 Å². The molecule has 0 aliphatic carbocycles. The summed E-state index contributed by atoms with van der Waals surface area (Å²) in [5, 5.41) is 0. The number of rotatable bonds is 9. The van der Waals surface area contributed by atoms with E-state index in [1.807, 2.05) is 13.8 Å². The summed E-state index contributed by atoms with van der Waals surface area (Å²) in [6.45, 7) is 7.26. The van der Waals surface area contributed by atoms with Gasteiger partial charge >= 0.3 is 5.97 Å². The van der Waals surface area contributed by atoms with Crippen LogP contribution in [0.15, 0.2) is 0 Å². The molecule has 0 aliphatic rings. The molecular formula is C12H24O3. The van der Waals surface area contributed by atoms with Gasteiger partial charge in [0.1, 0.15) is 0 Å². The van der Waals surface area contributed by atoms with Gasteiger partial charge in [-0.3, -0.25) is 0 Å². The Kier molecular flexibility index (Phi) is 9.59. The minimum atomic E-state index is -0.351. The van der Waals surface area contributed by atoms with Gasteiger partial charge in [0.05, 0.1) is 6.61 Å². The van der Waals surface area contributed by atoms with Gasteiger partial charge in [-0.05, 0) is 19.3 Å². The standard InChI is InChI=1S/C12H24O3/c1-4-7-8-11(14-9-5-2)12(13)15-10-6-3/h11H,4-10H2,1-3H3. The summed E-state index contributed by atoms with van der Waals surface area (Å²) >= 11 is 0. The monoisotopic (exact) mass is 216 g/mol. The SMILES string of the molecule is CCCCC(OCCC)C(=O)OCCC. The van der Waals surface area contributed by atoms with Crippen LogP contribution < -0.4 is 0 Å². The summed E-state index contributed by atoms with van der Waals surface area (Å²) in [4.78, 5) is 11.6. The normalized spacial score (nSPS) is 12.5. The first-order valence-corrected chi connectivity index (χ1v) is 6.04. The molecule has 0 aromatic carbocycles. The number of hydrogen-bond acceptors (Lipinski definition) is 3. The molecule has 0 N–H and O–H groups in total. The first-order valence-electron chi connectivity index (χ1n) is 6.04. The van der Waals surface area contributed by atoms with E-state index in [-0.39, 0.29) is 12.1 Å². The summed E-state index contributed by atoms with van der Waals surface area (Å²) in [6.07, 6.45) is 4.31. The van der Waals surface area contributed by atoms with Crippen LogP contribution in [0.25, 0.3) is 0 Å². The van der Waals surface area contributed by atoms with Crippen molar-refractivity contribution in [1.82, 2.24) is 0 Å². The predicted molar refractivity (Wildman–Crippen MR) is 60.8 cm³/mol. The molecule has 0 fully saturated rings. The number of esters is 1. The van der Waals surface area contributed by atoms with E-state index in [1.54, 1.807) is 0 Å². The molecule has 0 aromatic rings. The Morgan fingerprint density at radius 1 is 1.07 bits per heavy atom. The summed E-state index contributed by atoms with van der Waals surface area (Å²) in [7, 11) is 0. The van der Waals surface area contributed by atoms with Gasteiger partial charge in [0, 0.05) is 6.61 Å². The number of carbonyl (C=O) groups is 1. The van der Waals surface area contributed by atoms with Gasteiger partial charge in [0.2, 0.25) is 0 Å². The van der Waals surface area contributed by atoms with E-state index in [9.17, 15) is 4.79 Å². The predicted octanol–water partition coefficient (Wildman–Crippen LogP) is 2.93. The smallest absolute Gasteiger partial charge is 0.335 e. The van der Waals surface area contributed by atoms with Crippen molar-refractivity contribution in [2.24, 2.45) is 0 Å². The highest BCUT2D eigenvalue weighted by Crippen LogP contribution is 2.07. The van der Waals surface area contributed by atoms with Crippen molar-refractivity contribution < 1.29 is 14.3 Å². The van der Waals surface area contributed by atoms with Crippen LogP contribution in [0.3, 0.4) is 0 Å². The van der Waals surface area contributed by atoms with Crippen molar-refractivity contribution in [3.05, 3.63) is 0 Å². The molecule has 3 nitrogen and oxygen atoms in total. The average molecular weight is 216 g/mol. The van der Waals surface area contributed by atoms with E-state index in [0.717, 1.165) is 32.1 Å². The fourth-order valence-corrected chi connectivity index (χ4v) is 1.21. The lowest BCUT2D eigenvalue weighted by Gasteiger charge is -2.15. The average Bonchev–Trinajstić information content (AvgIpc) is 2.26. The molecule has 3 heteroatoms. The zero-order valence-electron chi connectivity index (χ0n) is 10.3. The molecule has 1 atom stereocenters. The van der Waals surface area contributed by atoms with Crippen LogP contribution in [0.5, 0.6) is 0 Å². The van der Waals surface area contributed by atoms with E-state index in [0.29, 0.717) is 13.2 Å². The van der Waals surface area contributed by atoms with Crippen molar-refractivity contribution in [2.45, 2.75) is 59.0 Å². The van der Waals surface area contributed by atoms with Crippen LogP contribution in [0.2, 0.25) is 0 Å². The molecule has 0 bridgehead atoms. The third kappa shape index (κ3) is 7.37. The third-order valence-electron chi connectivity index (χ3n) is 2.05. The van der Waals surface area contributed by atoms with Crippen LogP contribution >= 0.6 is 0 Å². The van der Waals surface area contributed by atoms with Crippen molar-refractivity contribution in [3.63, 3.8) is 0 Å². The largest absolute Gasteiger partial charge is 0.464 e. The highest BCUT2D eigenvalue weighted by atomic mass is 16.6. The molecule has 15 heavy (non-hydrogen) atoms. The van der Waals surface area contributed by atoms with Crippen LogP contribution in [-0.4, -0.2) is 25.3 Å². The zero-order chi connectivity index (χ0) is 11.5. The van der Waals surface area contributed by atoms with Crippen LogP contribution in [-0.2, 0) is 14.3 Å². The van der Waals surface area contributed by atoms with E-state index in [4.69, 9.17) is 9.47 Å². The van der Waals surface area contributed by atoms with Gasteiger partial charge in [-0.25, -0.2) is 4.79 Å². The minimum Gasteiger partial charge on any atom is -0.464 e. The first-order chi connectivity index (χ1) is 7.26. The number of ether oxygens (including phenoxy) is 2. The maximum atomic E-state index is 11.6. The molecule has 1 unspecified atom stereocenters. The van der Waals surface area contributed by atoms with E-state index < -0.39 is 0 Å². The molecule has 0 saturated heterocycles. The Hall–Kier alpha value is -0.570. The quantitative estimate of drug-likeness (QED) is 0.556. The first kappa shape index (κ1) is 14.4. The summed E-state index contributed by atoms with van der Waals surface area (Å²) in [5.41, 5.74) is 0. The lowest BCUT2D eigenvalue weighted by Crippen LogP contribution is -2.27.